The number of anilines is 1. The molecule has 1 atom stereocenters. The van der Waals surface area contributed by atoms with Crippen molar-refractivity contribution in [1.82, 2.24) is 4.31 Å². The molecule has 1 unspecified atom stereocenters. The molecular formula is C12H19FN2O3S. The molecular weight excluding hydrogens is 271 g/mol. The number of nitrogens with two attached hydrogens (primary N) is 1. The van der Waals surface area contributed by atoms with Crippen LogP contribution in [-0.4, -0.2) is 32.9 Å². The number of halogens is 1. The monoisotopic (exact) mass is 290 g/mol. The summed E-state index contributed by atoms with van der Waals surface area (Å²) < 4.78 is 44.3. The van der Waals surface area contributed by atoms with Gasteiger partial charge in [0.25, 0.3) is 0 Å². The Labute approximate surface area is 113 Å². The van der Waals surface area contributed by atoms with E-state index in [0.717, 1.165) is 6.07 Å². The second-order valence-corrected chi connectivity index (χ2v) is 6.30. The number of ether oxygens (including phenoxy) is 1. The van der Waals surface area contributed by atoms with Crippen LogP contribution in [-0.2, 0) is 10.0 Å². The van der Waals surface area contributed by atoms with Crippen LogP contribution < -0.4 is 10.5 Å². The fraction of sp³-hybridized carbons (Fsp3) is 0.500. The fourth-order valence-corrected chi connectivity index (χ4v) is 3.10. The first-order valence-electron chi connectivity index (χ1n) is 5.86. The molecule has 0 aliphatic carbocycles. The molecule has 1 aromatic rings. The number of hydrogen-bond acceptors (Lipinski definition) is 4. The van der Waals surface area contributed by atoms with E-state index in [-0.39, 0.29) is 22.4 Å². The summed E-state index contributed by atoms with van der Waals surface area (Å²) in [6.45, 7) is 3.65. The highest BCUT2D eigenvalue weighted by atomic mass is 32.2. The Hall–Kier alpha value is -1.34. The number of rotatable bonds is 5. The van der Waals surface area contributed by atoms with Gasteiger partial charge in [0.1, 0.15) is 0 Å². The lowest BCUT2D eigenvalue weighted by Crippen LogP contribution is -2.34. The SMILES string of the molecule is CCC(C)N(C)S(=O)(=O)c1cc(N)c(OC)c(F)c1. The predicted molar refractivity (Wildman–Crippen MR) is 72.1 cm³/mol. The lowest BCUT2D eigenvalue weighted by Gasteiger charge is -2.23. The average Bonchev–Trinajstić information content (AvgIpc) is 2.36. The predicted octanol–water partition coefficient (Wildman–Crippen LogP) is 1.84. The van der Waals surface area contributed by atoms with E-state index < -0.39 is 15.8 Å². The van der Waals surface area contributed by atoms with Crippen molar-refractivity contribution in [3.05, 3.63) is 17.9 Å². The summed E-state index contributed by atoms with van der Waals surface area (Å²) in [5.74, 6) is -0.941. The first-order chi connectivity index (χ1) is 8.75. The van der Waals surface area contributed by atoms with Crippen LogP contribution in [0.2, 0.25) is 0 Å². The van der Waals surface area contributed by atoms with Crippen molar-refractivity contribution in [2.24, 2.45) is 0 Å². The maximum Gasteiger partial charge on any atom is 0.243 e. The van der Waals surface area contributed by atoms with Gasteiger partial charge in [0.15, 0.2) is 11.6 Å². The molecule has 0 fully saturated rings. The van der Waals surface area contributed by atoms with Gasteiger partial charge < -0.3 is 10.5 Å². The lowest BCUT2D eigenvalue weighted by molar-refractivity contribution is 0.378. The quantitative estimate of drug-likeness (QED) is 0.840. The first-order valence-corrected chi connectivity index (χ1v) is 7.30. The van der Waals surface area contributed by atoms with Crippen molar-refractivity contribution >= 4 is 15.7 Å². The van der Waals surface area contributed by atoms with Crippen LogP contribution in [0.5, 0.6) is 5.75 Å². The molecule has 0 aromatic heterocycles. The first kappa shape index (κ1) is 15.7. The van der Waals surface area contributed by atoms with Gasteiger partial charge in [-0.15, -0.1) is 0 Å². The molecule has 7 heteroatoms. The highest BCUT2D eigenvalue weighted by Crippen LogP contribution is 2.30. The molecule has 108 valence electrons. The molecule has 0 saturated heterocycles. The highest BCUT2D eigenvalue weighted by molar-refractivity contribution is 7.89. The number of nitrogen functional groups attached to an aromatic ring is 1. The van der Waals surface area contributed by atoms with Crippen molar-refractivity contribution in [1.29, 1.82) is 0 Å². The van der Waals surface area contributed by atoms with Crippen molar-refractivity contribution < 1.29 is 17.5 Å². The van der Waals surface area contributed by atoms with Gasteiger partial charge in [-0.05, 0) is 25.5 Å². The second kappa shape index (κ2) is 5.75. The second-order valence-electron chi connectivity index (χ2n) is 4.31. The zero-order valence-corrected chi connectivity index (χ0v) is 12.3. The van der Waals surface area contributed by atoms with Gasteiger partial charge in [-0.25, -0.2) is 12.8 Å². The molecule has 5 nitrogen and oxygen atoms in total. The number of sulfonamides is 1. The third-order valence-electron chi connectivity index (χ3n) is 3.14. The van der Waals surface area contributed by atoms with Gasteiger partial charge >= 0.3 is 0 Å². The van der Waals surface area contributed by atoms with Crippen LogP contribution in [0.25, 0.3) is 0 Å². The number of hydrogen-bond donors (Lipinski definition) is 1. The Kier molecular flexibility index (Phi) is 4.75. The smallest absolute Gasteiger partial charge is 0.243 e. The van der Waals surface area contributed by atoms with Gasteiger partial charge in [-0.2, -0.15) is 4.31 Å². The Balaban J connectivity index is 3.31. The van der Waals surface area contributed by atoms with E-state index >= 15 is 0 Å². The topological polar surface area (TPSA) is 72.6 Å². The molecule has 0 bridgehead atoms. The van der Waals surface area contributed by atoms with Gasteiger partial charge in [-0.1, -0.05) is 6.92 Å². The van der Waals surface area contributed by atoms with Crippen LogP contribution >= 0.6 is 0 Å². The molecule has 19 heavy (non-hydrogen) atoms. The summed E-state index contributed by atoms with van der Waals surface area (Å²) in [5, 5.41) is 0. The molecule has 0 saturated carbocycles. The number of methoxy groups -OCH3 is 1. The van der Waals surface area contributed by atoms with Crippen LogP contribution in [0.15, 0.2) is 17.0 Å². The summed E-state index contributed by atoms with van der Waals surface area (Å²) >= 11 is 0. The van der Waals surface area contributed by atoms with E-state index in [4.69, 9.17) is 10.5 Å². The molecule has 1 rings (SSSR count). The van der Waals surface area contributed by atoms with E-state index in [1.165, 1.54) is 24.5 Å². The molecule has 0 spiro atoms. The van der Waals surface area contributed by atoms with Crippen LogP contribution in [0, 0.1) is 5.82 Å². The summed E-state index contributed by atoms with van der Waals surface area (Å²) in [6.07, 6.45) is 0.657. The fourth-order valence-electron chi connectivity index (χ4n) is 1.61. The van der Waals surface area contributed by atoms with E-state index in [9.17, 15) is 12.8 Å². The van der Waals surface area contributed by atoms with Gasteiger partial charge in [0.05, 0.1) is 17.7 Å². The largest absolute Gasteiger partial charge is 0.492 e. The zero-order chi connectivity index (χ0) is 14.8. The van der Waals surface area contributed by atoms with Crippen LogP contribution in [0.1, 0.15) is 20.3 Å². The Morgan fingerprint density at radius 2 is 2.05 bits per heavy atom. The van der Waals surface area contributed by atoms with Crippen molar-refractivity contribution in [2.75, 3.05) is 19.9 Å². The van der Waals surface area contributed by atoms with E-state index in [2.05, 4.69) is 0 Å². The number of benzene rings is 1. The summed E-state index contributed by atoms with van der Waals surface area (Å²) in [6, 6.07) is 1.94. The third-order valence-corrected chi connectivity index (χ3v) is 5.09. The Morgan fingerprint density at radius 1 is 1.47 bits per heavy atom. The molecule has 0 amide bonds. The minimum Gasteiger partial charge on any atom is -0.492 e. The van der Waals surface area contributed by atoms with Crippen molar-refractivity contribution in [3.63, 3.8) is 0 Å². The molecule has 0 radical (unpaired) electrons. The molecule has 0 aliphatic heterocycles. The maximum atomic E-state index is 13.7. The summed E-state index contributed by atoms with van der Waals surface area (Å²) in [7, 11) is -1.03. The standard InChI is InChI=1S/C12H19FN2O3S/c1-5-8(2)15(3)19(16,17)9-6-10(13)12(18-4)11(14)7-9/h6-8H,5,14H2,1-4H3. The maximum absolute atomic E-state index is 13.7. The zero-order valence-electron chi connectivity index (χ0n) is 11.5. The summed E-state index contributed by atoms with van der Waals surface area (Å²) in [4.78, 5) is -0.175. The van der Waals surface area contributed by atoms with Crippen LogP contribution in [0.4, 0.5) is 10.1 Å². The highest BCUT2D eigenvalue weighted by Gasteiger charge is 2.26. The van der Waals surface area contributed by atoms with E-state index in [1.54, 1.807) is 6.92 Å². The van der Waals surface area contributed by atoms with E-state index in [1.807, 2.05) is 6.92 Å². The molecule has 2 N–H and O–H groups in total. The molecule has 0 heterocycles. The molecule has 1 aromatic carbocycles. The minimum absolute atomic E-state index is 0.0429. The van der Waals surface area contributed by atoms with Crippen molar-refractivity contribution in [3.8, 4) is 5.75 Å². The normalized spacial score (nSPS) is 13.6. The van der Waals surface area contributed by atoms with E-state index in [0.29, 0.717) is 6.42 Å². The van der Waals surface area contributed by atoms with Crippen LogP contribution in [0.3, 0.4) is 0 Å². The average molecular weight is 290 g/mol. The Morgan fingerprint density at radius 3 is 2.47 bits per heavy atom. The van der Waals surface area contributed by atoms with Gasteiger partial charge in [0.2, 0.25) is 10.0 Å². The van der Waals surface area contributed by atoms with Gasteiger partial charge in [-0.3, -0.25) is 0 Å². The summed E-state index contributed by atoms with van der Waals surface area (Å²) in [5.41, 5.74) is 5.55. The Bertz CT molecular complexity index is 537. The number of nitrogens with zero attached hydrogens (tertiary/aromatic N) is 1. The van der Waals surface area contributed by atoms with Crippen molar-refractivity contribution in [2.45, 2.75) is 31.2 Å². The third kappa shape index (κ3) is 2.98. The minimum atomic E-state index is -3.76. The lowest BCUT2D eigenvalue weighted by atomic mass is 10.3. The molecule has 0 aliphatic rings. The van der Waals surface area contributed by atoms with Gasteiger partial charge in [0, 0.05) is 13.1 Å².